The summed E-state index contributed by atoms with van der Waals surface area (Å²) in [6, 6.07) is 4.00. The zero-order valence-electron chi connectivity index (χ0n) is 7.42. The van der Waals surface area contributed by atoms with E-state index in [9.17, 15) is 9.18 Å². The summed E-state index contributed by atoms with van der Waals surface area (Å²) in [7, 11) is 0. The molecule has 0 spiro atoms. The van der Waals surface area contributed by atoms with Crippen molar-refractivity contribution in [3.63, 3.8) is 0 Å². The molecule has 0 radical (unpaired) electrons. The normalized spacial score (nSPS) is 9.64. The fourth-order valence-corrected chi connectivity index (χ4v) is 1.28. The average Bonchev–Trinajstić information content (AvgIpc) is 2.15. The first-order chi connectivity index (χ1) is 6.63. The van der Waals surface area contributed by atoms with E-state index in [0.717, 1.165) is 6.07 Å². The van der Waals surface area contributed by atoms with Gasteiger partial charge in [-0.2, -0.15) is 0 Å². The van der Waals surface area contributed by atoms with Crippen LogP contribution in [0.15, 0.2) is 18.2 Å². The summed E-state index contributed by atoms with van der Waals surface area (Å²) in [5.41, 5.74) is 0.702. The number of benzene rings is 1. The van der Waals surface area contributed by atoms with Gasteiger partial charge < -0.3 is 0 Å². The first kappa shape index (κ1) is 11.0. The van der Waals surface area contributed by atoms with Crippen molar-refractivity contribution in [3.8, 4) is 5.75 Å². The summed E-state index contributed by atoms with van der Waals surface area (Å²) in [5.74, 6) is -0.844. The van der Waals surface area contributed by atoms with E-state index in [1.165, 1.54) is 13.0 Å². The maximum Gasteiger partial charge on any atom is 0.352 e. The standard InChI is InChI=1S/C9H8BrFO3/c1-6(12)13-14-9-4-8(11)3-2-7(9)5-10/h2-4H,5H2,1H3. The number of rotatable bonds is 3. The van der Waals surface area contributed by atoms with Crippen LogP contribution >= 0.6 is 15.9 Å². The first-order valence-corrected chi connectivity index (χ1v) is 4.95. The molecule has 0 N–H and O–H groups in total. The van der Waals surface area contributed by atoms with Gasteiger partial charge in [0, 0.05) is 23.9 Å². The summed E-state index contributed by atoms with van der Waals surface area (Å²) in [6.07, 6.45) is 0. The molecule has 5 heteroatoms. The van der Waals surface area contributed by atoms with Gasteiger partial charge in [-0.15, -0.1) is 0 Å². The van der Waals surface area contributed by atoms with Crippen LogP contribution in [0.4, 0.5) is 4.39 Å². The molecule has 0 amide bonds. The van der Waals surface area contributed by atoms with Crippen molar-refractivity contribution in [2.24, 2.45) is 0 Å². The fraction of sp³-hybridized carbons (Fsp3) is 0.222. The molecule has 0 aromatic heterocycles. The Morgan fingerprint density at radius 2 is 2.29 bits per heavy atom. The van der Waals surface area contributed by atoms with Crippen LogP contribution in [-0.4, -0.2) is 5.97 Å². The average molecular weight is 263 g/mol. The van der Waals surface area contributed by atoms with Gasteiger partial charge >= 0.3 is 5.97 Å². The maximum absolute atomic E-state index is 12.8. The predicted octanol–water partition coefficient (Wildman–Crippen LogP) is 2.58. The highest BCUT2D eigenvalue weighted by molar-refractivity contribution is 9.08. The van der Waals surface area contributed by atoms with Crippen molar-refractivity contribution >= 4 is 21.9 Å². The molecule has 0 saturated heterocycles. The molecule has 3 nitrogen and oxygen atoms in total. The second-order valence-corrected chi connectivity index (χ2v) is 3.10. The van der Waals surface area contributed by atoms with Crippen LogP contribution in [0.25, 0.3) is 0 Å². The Kier molecular flexibility index (Phi) is 3.88. The molecular formula is C9H8BrFO3. The Balaban J connectivity index is 2.82. The zero-order valence-corrected chi connectivity index (χ0v) is 9.01. The van der Waals surface area contributed by atoms with Crippen LogP contribution in [0.3, 0.4) is 0 Å². The van der Waals surface area contributed by atoms with E-state index in [0.29, 0.717) is 10.9 Å². The third kappa shape index (κ3) is 2.99. The second-order valence-electron chi connectivity index (χ2n) is 2.54. The molecule has 0 heterocycles. The molecule has 0 aliphatic carbocycles. The highest BCUT2D eigenvalue weighted by Gasteiger charge is 2.06. The van der Waals surface area contributed by atoms with Crippen molar-refractivity contribution in [1.82, 2.24) is 0 Å². The van der Waals surface area contributed by atoms with Gasteiger partial charge in [-0.05, 0) is 6.07 Å². The summed E-state index contributed by atoms with van der Waals surface area (Å²) >= 11 is 3.20. The third-order valence-corrected chi connectivity index (χ3v) is 2.03. The van der Waals surface area contributed by atoms with Gasteiger partial charge in [-0.3, -0.25) is 9.78 Å². The van der Waals surface area contributed by atoms with Crippen LogP contribution in [0, 0.1) is 5.82 Å². The Hall–Kier alpha value is -1.10. The molecule has 0 atom stereocenters. The number of hydrogen-bond donors (Lipinski definition) is 0. The molecule has 0 saturated carbocycles. The number of carbonyl (C=O) groups is 1. The number of carbonyl (C=O) groups excluding carboxylic acids is 1. The highest BCUT2D eigenvalue weighted by atomic mass is 79.9. The van der Waals surface area contributed by atoms with Gasteiger partial charge in [0.1, 0.15) is 5.82 Å². The summed E-state index contributed by atoms with van der Waals surface area (Å²) < 4.78 is 12.8. The van der Waals surface area contributed by atoms with Crippen molar-refractivity contribution in [2.75, 3.05) is 0 Å². The van der Waals surface area contributed by atoms with E-state index in [-0.39, 0.29) is 5.75 Å². The SMILES string of the molecule is CC(=O)OOc1cc(F)ccc1CBr. The van der Waals surface area contributed by atoms with E-state index >= 15 is 0 Å². The fourth-order valence-electron chi connectivity index (χ4n) is 0.820. The third-order valence-electron chi connectivity index (χ3n) is 1.42. The molecule has 1 aromatic carbocycles. The van der Waals surface area contributed by atoms with Crippen molar-refractivity contribution in [1.29, 1.82) is 0 Å². The molecule has 1 aromatic rings. The van der Waals surface area contributed by atoms with Crippen molar-refractivity contribution < 1.29 is 19.0 Å². The second kappa shape index (κ2) is 4.95. The van der Waals surface area contributed by atoms with Crippen LogP contribution in [0.5, 0.6) is 5.75 Å². The van der Waals surface area contributed by atoms with Crippen LogP contribution in [0.1, 0.15) is 12.5 Å². The number of hydrogen-bond acceptors (Lipinski definition) is 3. The lowest BCUT2D eigenvalue weighted by atomic mass is 10.2. The Morgan fingerprint density at radius 3 is 2.86 bits per heavy atom. The van der Waals surface area contributed by atoms with Gasteiger partial charge in [0.25, 0.3) is 0 Å². The topological polar surface area (TPSA) is 35.5 Å². The van der Waals surface area contributed by atoms with E-state index in [4.69, 9.17) is 0 Å². The minimum Gasteiger partial charge on any atom is -0.287 e. The van der Waals surface area contributed by atoms with Gasteiger partial charge in [0.2, 0.25) is 0 Å². The Labute approximate surface area is 88.9 Å². The first-order valence-electron chi connectivity index (χ1n) is 3.83. The summed E-state index contributed by atoms with van der Waals surface area (Å²) in [4.78, 5) is 19.4. The number of halogens is 2. The van der Waals surface area contributed by atoms with Gasteiger partial charge in [0.15, 0.2) is 5.75 Å². The molecule has 1 rings (SSSR count). The highest BCUT2D eigenvalue weighted by Crippen LogP contribution is 2.22. The van der Waals surface area contributed by atoms with Gasteiger partial charge in [0.05, 0.1) is 0 Å². The molecule has 0 aliphatic rings. The molecular weight excluding hydrogens is 255 g/mol. The molecule has 0 fully saturated rings. The van der Waals surface area contributed by atoms with Crippen LogP contribution in [0.2, 0.25) is 0 Å². The summed E-state index contributed by atoms with van der Waals surface area (Å²) in [5, 5.41) is 0.490. The Bertz CT molecular complexity index is 341. The lowest BCUT2D eigenvalue weighted by molar-refractivity contribution is -0.211. The summed E-state index contributed by atoms with van der Waals surface area (Å²) in [6.45, 7) is 1.20. The smallest absolute Gasteiger partial charge is 0.287 e. The quantitative estimate of drug-likeness (QED) is 0.477. The van der Waals surface area contributed by atoms with Crippen molar-refractivity contribution in [3.05, 3.63) is 29.6 Å². The van der Waals surface area contributed by atoms with Crippen LogP contribution in [-0.2, 0) is 15.0 Å². The van der Waals surface area contributed by atoms with Crippen LogP contribution < -0.4 is 4.89 Å². The van der Waals surface area contributed by atoms with E-state index in [1.807, 2.05) is 0 Å². The minimum absolute atomic E-state index is 0.192. The lowest BCUT2D eigenvalue weighted by Crippen LogP contribution is -2.04. The maximum atomic E-state index is 12.8. The van der Waals surface area contributed by atoms with E-state index in [2.05, 4.69) is 25.7 Å². The molecule has 0 bridgehead atoms. The molecule has 0 unspecified atom stereocenters. The predicted molar refractivity (Wildman–Crippen MR) is 51.4 cm³/mol. The molecule has 14 heavy (non-hydrogen) atoms. The Morgan fingerprint density at radius 1 is 1.57 bits per heavy atom. The van der Waals surface area contributed by atoms with Crippen molar-refractivity contribution in [2.45, 2.75) is 12.3 Å². The lowest BCUT2D eigenvalue weighted by Gasteiger charge is -2.06. The van der Waals surface area contributed by atoms with E-state index in [1.54, 1.807) is 6.07 Å². The monoisotopic (exact) mass is 262 g/mol. The molecule has 0 aliphatic heterocycles. The molecule has 76 valence electrons. The van der Waals surface area contributed by atoms with Gasteiger partial charge in [-0.1, -0.05) is 22.0 Å². The minimum atomic E-state index is -0.588. The largest absolute Gasteiger partial charge is 0.352 e. The zero-order chi connectivity index (χ0) is 10.6. The van der Waals surface area contributed by atoms with E-state index < -0.39 is 11.8 Å². The van der Waals surface area contributed by atoms with Gasteiger partial charge in [-0.25, -0.2) is 9.18 Å². The number of alkyl halides is 1.